The minimum atomic E-state index is 0.556. The van der Waals surface area contributed by atoms with Crippen LogP contribution in [-0.2, 0) is 0 Å². The predicted molar refractivity (Wildman–Crippen MR) is 54.4 cm³/mol. The normalized spacial score (nSPS) is 26.1. The Kier molecular flexibility index (Phi) is 2.83. The maximum atomic E-state index is 5.45. The van der Waals surface area contributed by atoms with Crippen molar-refractivity contribution >= 4 is 5.84 Å². The molecule has 0 heterocycles. The molecule has 2 aliphatic rings. The lowest BCUT2D eigenvalue weighted by atomic mass is 9.96. The molecule has 0 aliphatic heterocycles. The van der Waals surface area contributed by atoms with Crippen molar-refractivity contribution in [2.75, 3.05) is 0 Å². The Bertz CT molecular complexity index is 190. The summed E-state index contributed by atoms with van der Waals surface area (Å²) >= 11 is 0. The molecule has 3 N–H and O–H groups in total. The van der Waals surface area contributed by atoms with E-state index in [9.17, 15) is 0 Å². The molecule has 3 nitrogen and oxygen atoms in total. The third kappa shape index (κ3) is 2.44. The van der Waals surface area contributed by atoms with Crippen molar-refractivity contribution < 1.29 is 0 Å². The molecule has 0 atom stereocenters. The van der Waals surface area contributed by atoms with Crippen molar-refractivity contribution in [3.05, 3.63) is 0 Å². The van der Waals surface area contributed by atoms with Crippen molar-refractivity contribution in [3.63, 3.8) is 0 Å². The first kappa shape index (κ1) is 9.00. The number of rotatable bonds is 2. The quantitative estimate of drug-likeness (QED) is 0.294. The lowest BCUT2D eigenvalue weighted by Gasteiger charge is -2.19. The zero-order chi connectivity index (χ0) is 9.10. The molecule has 0 saturated heterocycles. The second-order valence-corrected chi connectivity index (χ2v) is 4.22. The van der Waals surface area contributed by atoms with Crippen molar-refractivity contribution in [2.45, 2.75) is 51.0 Å². The van der Waals surface area contributed by atoms with E-state index in [0.717, 1.165) is 5.84 Å². The number of hydrazine groups is 1. The van der Waals surface area contributed by atoms with E-state index in [-0.39, 0.29) is 0 Å². The predicted octanol–water partition coefficient (Wildman–Crippen LogP) is 1.59. The summed E-state index contributed by atoms with van der Waals surface area (Å²) in [6.45, 7) is 0. The summed E-state index contributed by atoms with van der Waals surface area (Å²) in [7, 11) is 0. The molecule has 2 rings (SSSR count). The van der Waals surface area contributed by atoms with Crippen LogP contribution in [0.4, 0.5) is 0 Å². The smallest absolute Gasteiger partial charge is 0.114 e. The fraction of sp³-hybridized carbons (Fsp3) is 0.900. The van der Waals surface area contributed by atoms with Crippen molar-refractivity contribution in [1.29, 1.82) is 0 Å². The van der Waals surface area contributed by atoms with Gasteiger partial charge in [0, 0.05) is 5.92 Å². The van der Waals surface area contributed by atoms with Crippen molar-refractivity contribution in [1.82, 2.24) is 5.43 Å². The molecule has 0 aromatic carbocycles. The van der Waals surface area contributed by atoms with Gasteiger partial charge in [-0.1, -0.05) is 19.3 Å². The Balaban J connectivity index is 1.90. The first-order chi connectivity index (χ1) is 6.40. The highest BCUT2D eigenvalue weighted by Gasteiger charge is 2.28. The summed E-state index contributed by atoms with van der Waals surface area (Å²) in [6, 6.07) is 0.556. The summed E-state index contributed by atoms with van der Waals surface area (Å²) in [5.41, 5.74) is 2.76. The summed E-state index contributed by atoms with van der Waals surface area (Å²) in [6.07, 6.45) is 9.15. The number of nitrogens with zero attached hydrogens (tertiary/aromatic N) is 1. The highest BCUT2D eigenvalue weighted by atomic mass is 15.3. The standard InChI is InChI=1S/C10H19N3/c11-13-10(8-6-7-8)12-9-4-2-1-3-5-9/h8-9H,1-7,11H2,(H,12,13). The van der Waals surface area contributed by atoms with Crippen LogP contribution in [0.15, 0.2) is 4.99 Å². The van der Waals surface area contributed by atoms with Gasteiger partial charge in [-0.15, -0.1) is 0 Å². The summed E-state index contributed by atoms with van der Waals surface area (Å²) in [5, 5.41) is 0. The Labute approximate surface area is 79.8 Å². The number of amidine groups is 1. The van der Waals surface area contributed by atoms with Gasteiger partial charge in [-0.25, -0.2) is 5.84 Å². The van der Waals surface area contributed by atoms with Gasteiger partial charge in [-0.2, -0.15) is 0 Å². The van der Waals surface area contributed by atoms with E-state index < -0.39 is 0 Å². The monoisotopic (exact) mass is 181 g/mol. The zero-order valence-electron chi connectivity index (χ0n) is 8.13. The van der Waals surface area contributed by atoms with Gasteiger partial charge in [0.1, 0.15) is 5.84 Å². The van der Waals surface area contributed by atoms with Gasteiger partial charge in [0.2, 0.25) is 0 Å². The molecular weight excluding hydrogens is 162 g/mol. The molecule has 0 aromatic heterocycles. The molecule has 0 amide bonds. The molecule has 13 heavy (non-hydrogen) atoms. The van der Waals surface area contributed by atoms with E-state index >= 15 is 0 Å². The molecule has 0 radical (unpaired) electrons. The third-order valence-electron chi connectivity index (χ3n) is 3.01. The molecular formula is C10H19N3. The van der Waals surface area contributed by atoms with Crippen LogP contribution in [-0.4, -0.2) is 11.9 Å². The Morgan fingerprint density at radius 2 is 1.77 bits per heavy atom. The topological polar surface area (TPSA) is 50.4 Å². The molecule has 2 fully saturated rings. The third-order valence-corrected chi connectivity index (χ3v) is 3.01. The second kappa shape index (κ2) is 4.09. The highest BCUT2D eigenvalue weighted by Crippen LogP contribution is 2.30. The van der Waals surface area contributed by atoms with E-state index in [2.05, 4.69) is 5.43 Å². The van der Waals surface area contributed by atoms with Gasteiger partial charge < -0.3 is 5.43 Å². The number of aliphatic imine (C=N–C) groups is 1. The van der Waals surface area contributed by atoms with Crippen LogP contribution in [0.1, 0.15) is 44.9 Å². The van der Waals surface area contributed by atoms with E-state index in [1.165, 1.54) is 44.9 Å². The van der Waals surface area contributed by atoms with Gasteiger partial charge in [-0.3, -0.25) is 4.99 Å². The molecule has 0 spiro atoms. The summed E-state index contributed by atoms with van der Waals surface area (Å²) in [5.74, 6) is 7.17. The van der Waals surface area contributed by atoms with Gasteiger partial charge in [0.25, 0.3) is 0 Å². The van der Waals surface area contributed by atoms with Gasteiger partial charge in [0.15, 0.2) is 0 Å². The van der Waals surface area contributed by atoms with Crippen LogP contribution in [0.2, 0.25) is 0 Å². The zero-order valence-corrected chi connectivity index (χ0v) is 8.13. The average molecular weight is 181 g/mol. The minimum Gasteiger partial charge on any atom is -0.312 e. The molecule has 2 aliphatic carbocycles. The van der Waals surface area contributed by atoms with E-state index in [0.29, 0.717) is 12.0 Å². The molecule has 3 heteroatoms. The molecule has 74 valence electrons. The largest absolute Gasteiger partial charge is 0.312 e. The maximum Gasteiger partial charge on any atom is 0.114 e. The number of nitrogens with one attached hydrogen (secondary N) is 1. The van der Waals surface area contributed by atoms with E-state index in [1.54, 1.807) is 0 Å². The average Bonchev–Trinajstić information content (AvgIpc) is 2.99. The minimum absolute atomic E-state index is 0.556. The van der Waals surface area contributed by atoms with Crippen molar-refractivity contribution in [2.24, 2.45) is 16.8 Å². The summed E-state index contributed by atoms with van der Waals surface area (Å²) in [4.78, 5) is 4.70. The SMILES string of the molecule is NNC(=NC1CCCCC1)C1CC1. The fourth-order valence-corrected chi connectivity index (χ4v) is 2.02. The Hall–Kier alpha value is -0.570. The Morgan fingerprint density at radius 1 is 1.08 bits per heavy atom. The molecule has 0 unspecified atom stereocenters. The van der Waals surface area contributed by atoms with Crippen LogP contribution in [0.25, 0.3) is 0 Å². The lowest BCUT2D eigenvalue weighted by Crippen LogP contribution is -2.33. The fourth-order valence-electron chi connectivity index (χ4n) is 2.02. The van der Waals surface area contributed by atoms with Gasteiger partial charge in [-0.05, 0) is 25.7 Å². The number of nitrogens with two attached hydrogens (primary N) is 1. The lowest BCUT2D eigenvalue weighted by molar-refractivity contribution is 0.441. The van der Waals surface area contributed by atoms with E-state index in [1.807, 2.05) is 0 Å². The number of hydrogen-bond acceptors (Lipinski definition) is 2. The van der Waals surface area contributed by atoms with Crippen LogP contribution in [0.3, 0.4) is 0 Å². The van der Waals surface area contributed by atoms with E-state index in [4.69, 9.17) is 10.8 Å². The maximum absolute atomic E-state index is 5.45. The van der Waals surface area contributed by atoms with Gasteiger partial charge >= 0.3 is 0 Å². The second-order valence-electron chi connectivity index (χ2n) is 4.22. The first-order valence-electron chi connectivity index (χ1n) is 5.44. The molecule has 2 saturated carbocycles. The molecule has 0 bridgehead atoms. The Morgan fingerprint density at radius 3 is 2.31 bits per heavy atom. The summed E-state index contributed by atoms with van der Waals surface area (Å²) < 4.78 is 0. The number of hydrogen-bond donors (Lipinski definition) is 2. The van der Waals surface area contributed by atoms with Crippen molar-refractivity contribution in [3.8, 4) is 0 Å². The first-order valence-corrected chi connectivity index (χ1v) is 5.44. The van der Waals surface area contributed by atoms with Crippen LogP contribution in [0.5, 0.6) is 0 Å². The van der Waals surface area contributed by atoms with Crippen LogP contribution < -0.4 is 11.3 Å². The van der Waals surface area contributed by atoms with Crippen LogP contribution >= 0.6 is 0 Å². The molecule has 0 aromatic rings. The highest BCUT2D eigenvalue weighted by molar-refractivity contribution is 5.86. The van der Waals surface area contributed by atoms with Crippen LogP contribution in [0, 0.1) is 5.92 Å². The van der Waals surface area contributed by atoms with Gasteiger partial charge in [0.05, 0.1) is 6.04 Å².